The number of aliphatic carboxylic acids is 1. The highest BCUT2D eigenvalue weighted by Crippen LogP contribution is 2.51. The van der Waals surface area contributed by atoms with Gasteiger partial charge in [-0.25, -0.2) is 0 Å². The van der Waals surface area contributed by atoms with Gasteiger partial charge in [0.05, 0.1) is 5.41 Å². The molecule has 4 unspecified atom stereocenters. The lowest BCUT2D eigenvalue weighted by molar-refractivity contribution is -0.154. The van der Waals surface area contributed by atoms with Crippen molar-refractivity contribution in [2.75, 3.05) is 0 Å². The molecule has 20 heavy (non-hydrogen) atoms. The molecule has 0 saturated heterocycles. The second-order valence-corrected chi connectivity index (χ2v) is 7.92. The van der Waals surface area contributed by atoms with E-state index in [1.54, 1.807) is 0 Å². The molecule has 2 saturated carbocycles. The van der Waals surface area contributed by atoms with Crippen molar-refractivity contribution in [2.45, 2.75) is 58.8 Å². The van der Waals surface area contributed by atoms with Crippen LogP contribution in [0.25, 0.3) is 0 Å². The number of carbonyl (C=O) groups is 1. The van der Waals surface area contributed by atoms with Crippen LogP contribution in [0.1, 0.15) is 58.8 Å². The number of hydrogen-bond acceptors (Lipinski definition) is 1. The first-order valence-electron chi connectivity index (χ1n) is 8.40. The summed E-state index contributed by atoms with van der Waals surface area (Å²) < 4.78 is 0. The van der Waals surface area contributed by atoms with Crippen molar-refractivity contribution in [3.05, 3.63) is 12.2 Å². The van der Waals surface area contributed by atoms with Crippen LogP contribution in [0.4, 0.5) is 0 Å². The van der Waals surface area contributed by atoms with E-state index in [1.807, 2.05) is 6.92 Å². The largest absolute Gasteiger partial charge is 0.481 e. The summed E-state index contributed by atoms with van der Waals surface area (Å²) >= 11 is 0. The zero-order valence-corrected chi connectivity index (χ0v) is 12.8. The van der Waals surface area contributed by atoms with Crippen LogP contribution in [0, 0.1) is 35.0 Å². The van der Waals surface area contributed by atoms with Crippen molar-refractivity contribution < 1.29 is 9.90 Å². The standard InChI is InChI=1S/C18H28O2/c1-12-3-7-16(8-4-12)18(2,17(19)20)11-15-10-13-5-6-14(15)9-13/h5-6,12-16H,3-4,7-11H2,1-2H3,(H,19,20). The van der Waals surface area contributed by atoms with Gasteiger partial charge in [-0.15, -0.1) is 0 Å². The summed E-state index contributed by atoms with van der Waals surface area (Å²) in [4.78, 5) is 12.0. The van der Waals surface area contributed by atoms with E-state index in [4.69, 9.17) is 0 Å². The average Bonchev–Trinajstić information content (AvgIpc) is 3.01. The van der Waals surface area contributed by atoms with Gasteiger partial charge in [0, 0.05) is 0 Å². The van der Waals surface area contributed by atoms with Crippen molar-refractivity contribution in [3.63, 3.8) is 0 Å². The van der Waals surface area contributed by atoms with Crippen LogP contribution in [-0.4, -0.2) is 11.1 Å². The van der Waals surface area contributed by atoms with Gasteiger partial charge in [0.25, 0.3) is 0 Å². The molecule has 0 spiro atoms. The van der Waals surface area contributed by atoms with Crippen LogP contribution in [0.3, 0.4) is 0 Å². The van der Waals surface area contributed by atoms with E-state index in [2.05, 4.69) is 19.1 Å². The van der Waals surface area contributed by atoms with Gasteiger partial charge in [-0.05, 0) is 68.6 Å². The molecule has 0 radical (unpaired) electrons. The van der Waals surface area contributed by atoms with Gasteiger partial charge in [0.15, 0.2) is 0 Å². The number of carboxylic acids is 1. The van der Waals surface area contributed by atoms with Crippen LogP contribution >= 0.6 is 0 Å². The van der Waals surface area contributed by atoms with E-state index in [9.17, 15) is 9.90 Å². The Balaban J connectivity index is 1.71. The first-order chi connectivity index (χ1) is 9.49. The lowest BCUT2D eigenvalue weighted by atomic mass is 9.63. The minimum atomic E-state index is -0.552. The number of allylic oxidation sites excluding steroid dienone is 2. The molecule has 0 amide bonds. The third-order valence-corrected chi connectivity index (χ3v) is 6.51. The summed E-state index contributed by atoms with van der Waals surface area (Å²) in [6.45, 7) is 4.33. The molecule has 3 aliphatic carbocycles. The topological polar surface area (TPSA) is 37.3 Å². The Bertz CT molecular complexity index is 406. The molecule has 3 rings (SSSR count). The van der Waals surface area contributed by atoms with Gasteiger partial charge in [-0.3, -0.25) is 4.79 Å². The second-order valence-electron chi connectivity index (χ2n) is 7.92. The van der Waals surface area contributed by atoms with Gasteiger partial charge in [0.1, 0.15) is 0 Å². The molecule has 3 aliphatic rings. The zero-order chi connectivity index (χ0) is 14.3. The molecule has 2 nitrogen and oxygen atoms in total. The summed E-state index contributed by atoms with van der Waals surface area (Å²) in [6.07, 6.45) is 12.8. The fourth-order valence-electron chi connectivity index (χ4n) is 5.00. The Kier molecular flexibility index (Phi) is 3.68. The monoisotopic (exact) mass is 276 g/mol. The number of rotatable bonds is 4. The number of hydrogen-bond donors (Lipinski definition) is 1. The first kappa shape index (κ1) is 14.2. The van der Waals surface area contributed by atoms with Gasteiger partial charge in [0.2, 0.25) is 0 Å². The van der Waals surface area contributed by atoms with Gasteiger partial charge in [-0.2, -0.15) is 0 Å². The second kappa shape index (κ2) is 5.20. The fourth-order valence-corrected chi connectivity index (χ4v) is 5.00. The molecule has 0 heterocycles. The number of carboxylic acid groups (broad SMARTS) is 1. The highest BCUT2D eigenvalue weighted by atomic mass is 16.4. The van der Waals surface area contributed by atoms with E-state index in [0.29, 0.717) is 17.8 Å². The molecular formula is C18H28O2. The molecule has 112 valence electrons. The lowest BCUT2D eigenvalue weighted by Gasteiger charge is -2.40. The summed E-state index contributed by atoms with van der Waals surface area (Å²) in [5.41, 5.74) is -0.497. The van der Waals surface area contributed by atoms with Crippen LogP contribution in [0.5, 0.6) is 0 Å². The smallest absolute Gasteiger partial charge is 0.309 e. The minimum Gasteiger partial charge on any atom is -0.481 e. The summed E-state index contributed by atoms with van der Waals surface area (Å²) in [7, 11) is 0. The lowest BCUT2D eigenvalue weighted by Crippen LogP contribution is -2.40. The first-order valence-corrected chi connectivity index (χ1v) is 8.40. The van der Waals surface area contributed by atoms with E-state index in [-0.39, 0.29) is 0 Å². The third kappa shape index (κ3) is 2.42. The predicted octanol–water partition coefficient (Wildman–Crippen LogP) is 4.51. The van der Waals surface area contributed by atoms with Crippen molar-refractivity contribution in [1.82, 2.24) is 0 Å². The maximum Gasteiger partial charge on any atom is 0.309 e. The Morgan fingerprint density at radius 1 is 1.20 bits per heavy atom. The Hall–Kier alpha value is -0.790. The zero-order valence-electron chi connectivity index (χ0n) is 12.8. The third-order valence-electron chi connectivity index (χ3n) is 6.51. The van der Waals surface area contributed by atoms with Crippen LogP contribution in [-0.2, 0) is 4.79 Å². The molecular weight excluding hydrogens is 248 g/mol. The minimum absolute atomic E-state index is 0.388. The van der Waals surface area contributed by atoms with Crippen molar-refractivity contribution >= 4 is 5.97 Å². The summed E-state index contributed by atoms with van der Waals surface area (Å²) in [6, 6.07) is 0. The molecule has 2 bridgehead atoms. The molecule has 2 fully saturated rings. The molecule has 0 aromatic carbocycles. The van der Waals surface area contributed by atoms with Crippen molar-refractivity contribution in [2.24, 2.45) is 35.0 Å². The molecule has 0 aromatic heterocycles. The van der Waals surface area contributed by atoms with E-state index in [1.165, 1.54) is 25.7 Å². The Morgan fingerprint density at radius 2 is 1.90 bits per heavy atom. The van der Waals surface area contributed by atoms with E-state index >= 15 is 0 Å². The average molecular weight is 276 g/mol. The van der Waals surface area contributed by atoms with Crippen molar-refractivity contribution in [1.29, 1.82) is 0 Å². The molecule has 2 heteroatoms. The van der Waals surface area contributed by atoms with Gasteiger partial charge >= 0.3 is 5.97 Å². The fraction of sp³-hybridized carbons (Fsp3) is 0.833. The van der Waals surface area contributed by atoms with Crippen LogP contribution in [0.2, 0.25) is 0 Å². The molecule has 0 aliphatic heterocycles. The SMILES string of the molecule is CC1CCC(C(C)(CC2CC3C=CC2C3)C(=O)O)CC1. The highest BCUT2D eigenvalue weighted by molar-refractivity contribution is 5.74. The van der Waals surface area contributed by atoms with Crippen LogP contribution in [0.15, 0.2) is 12.2 Å². The molecule has 0 aromatic rings. The Labute approximate surface area is 122 Å². The maximum absolute atomic E-state index is 12.0. The van der Waals surface area contributed by atoms with E-state index < -0.39 is 11.4 Å². The van der Waals surface area contributed by atoms with Gasteiger partial charge < -0.3 is 5.11 Å². The van der Waals surface area contributed by atoms with Gasteiger partial charge in [-0.1, -0.05) is 31.9 Å². The van der Waals surface area contributed by atoms with E-state index in [0.717, 1.165) is 31.1 Å². The highest BCUT2D eigenvalue weighted by Gasteiger charge is 2.47. The summed E-state index contributed by atoms with van der Waals surface area (Å²) in [5.74, 6) is 2.65. The number of fused-ring (bicyclic) bond motifs is 2. The Morgan fingerprint density at radius 3 is 2.40 bits per heavy atom. The normalized spacial score (nSPS) is 42.6. The molecule has 1 N–H and O–H groups in total. The maximum atomic E-state index is 12.0. The molecule has 4 atom stereocenters. The van der Waals surface area contributed by atoms with Crippen molar-refractivity contribution in [3.8, 4) is 0 Å². The predicted molar refractivity (Wildman–Crippen MR) is 80.3 cm³/mol. The van der Waals surface area contributed by atoms with Crippen LogP contribution < -0.4 is 0 Å². The quantitative estimate of drug-likeness (QED) is 0.767. The summed E-state index contributed by atoms with van der Waals surface area (Å²) in [5, 5.41) is 9.86.